The third-order valence-corrected chi connectivity index (χ3v) is 6.57. The van der Waals surface area contributed by atoms with Gasteiger partial charge in [0.05, 0.1) is 12.2 Å². The number of ketones is 1. The monoisotopic (exact) mass is 456 g/mol. The molecule has 174 valence electrons. The van der Waals surface area contributed by atoms with Crippen LogP contribution in [0.5, 0.6) is 0 Å². The highest BCUT2D eigenvalue weighted by molar-refractivity contribution is 5.94. The van der Waals surface area contributed by atoms with Crippen LogP contribution in [-0.4, -0.2) is 46.2 Å². The number of tetrazole rings is 1. The highest BCUT2D eigenvalue weighted by atomic mass is 16.1. The minimum atomic E-state index is 0.0568. The maximum atomic E-state index is 13.0. The van der Waals surface area contributed by atoms with Crippen LogP contribution >= 0.6 is 0 Å². The topological polar surface area (TPSA) is 115 Å². The van der Waals surface area contributed by atoms with Crippen LogP contribution in [0.15, 0.2) is 48.9 Å². The molecule has 0 spiro atoms. The second-order valence-electron chi connectivity index (χ2n) is 8.98. The first-order valence-electron chi connectivity index (χ1n) is 11.9. The Morgan fingerprint density at radius 3 is 2.76 bits per heavy atom. The number of H-pyrrole nitrogens is 1. The number of Topliss-reactive ketones (excluding diaryl/α,β-unsaturated/α-hetero) is 1. The van der Waals surface area contributed by atoms with Crippen molar-refractivity contribution in [3.05, 3.63) is 60.3 Å². The molecule has 4 aromatic rings. The number of nitrogens with one attached hydrogen (secondary N) is 1. The largest absolute Gasteiger partial charge is 0.290 e. The Morgan fingerprint density at radius 2 is 2.00 bits per heavy atom. The maximum absolute atomic E-state index is 13.0. The quantitative estimate of drug-likeness (QED) is 0.392. The van der Waals surface area contributed by atoms with E-state index in [2.05, 4.69) is 42.6 Å². The van der Waals surface area contributed by atoms with Gasteiger partial charge in [-0.05, 0) is 35.6 Å². The van der Waals surface area contributed by atoms with Crippen molar-refractivity contribution in [3.8, 4) is 22.6 Å². The summed E-state index contributed by atoms with van der Waals surface area (Å²) in [6.45, 7) is 2.71. The smallest absolute Gasteiger partial charge is 0.217 e. The standard InChI is InChI=1S/C25H28N8O/c1-2-6-17-7-5-8-19(13-17)23(34)25-27-16-33(30-25)15-18-11-12-22(26-14-18)20-9-3-4-10-21(20)24-28-31-32-29-24/h3-4,9-12,14,16-17,19H,2,5-8,13,15H2,1H3,(H,28,29,31,32). The highest BCUT2D eigenvalue weighted by Gasteiger charge is 2.29. The maximum Gasteiger partial charge on any atom is 0.217 e. The first-order valence-corrected chi connectivity index (χ1v) is 11.9. The zero-order valence-corrected chi connectivity index (χ0v) is 19.3. The van der Waals surface area contributed by atoms with Crippen LogP contribution in [-0.2, 0) is 6.54 Å². The summed E-state index contributed by atoms with van der Waals surface area (Å²) in [6, 6.07) is 11.8. The molecule has 2 atom stereocenters. The molecule has 3 aromatic heterocycles. The number of carbonyl (C=O) groups is 1. The van der Waals surface area contributed by atoms with E-state index in [0.29, 0.717) is 24.1 Å². The van der Waals surface area contributed by atoms with E-state index in [0.717, 1.165) is 41.6 Å². The van der Waals surface area contributed by atoms with E-state index in [1.165, 1.54) is 19.3 Å². The minimum Gasteiger partial charge on any atom is -0.290 e. The number of nitrogens with zero attached hydrogens (tertiary/aromatic N) is 7. The van der Waals surface area contributed by atoms with Crippen LogP contribution in [0.25, 0.3) is 22.6 Å². The van der Waals surface area contributed by atoms with Crippen molar-refractivity contribution in [2.45, 2.75) is 52.0 Å². The van der Waals surface area contributed by atoms with Gasteiger partial charge in [0.2, 0.25) is 17.4 Å². The van der Waals surface area contributed by atoms with Crippen molar-refractivity contribution in [3.63, 3.8) is 0 Å². The molecule has 9 heteroatoms. The van der Waals surface area contributed by atoms with Crippen LogP contribution in [0.4, 0.5) is 0 Å². The number of hydrogen-bond donors (Lipinski definition) is 1. The predicted octanol–water partition coefficient (Wildman–Crippen LogP) is 4.36. The molecule has 1 aliphatic carbocycles. The zero-order valence-electron chi connectivity index (χ0n) is 19.3. The van der Waals surface area contributed by atoms with Gasteiger partial charge in [0.15, 0.2) is 0 Å². The van der Waals surface area contributed by atoms with Gasteiger partial charge in [-0.2, -0.15) is 5.21 Å². The Balaban J connectivity index is 1.27. The van der Waals surface area contributed by atoms with E-state index in [-0.39, 0.29) is 11.7 Å². The van der Waals surface area contributed by atoms with Crippen LogP contribution < -0.4 is 0 Å². The van der Waals surface area contributed by atoms with Crippen molar-refractivity contribution in [1.29, 1.82) is 0 Å². The molecule has 0 aliphatic heterocycles. The highest BCUT2D eigenvalue weighted by Crippen LogP contribution is 2.33. The predicted molar refractivity (Wildman–Crippen MR) is 127 cm³/mol. The molecule has 1 saturated carbocycles. The fourth-order valence-electron chi connectivity index (χ4n) is 4.91. The lowest BCUT2D eigenvalue weighted by Crippen LogP contribution is -2.24. The molecule has 0 saturated heterocycles. The molecule has 3 heterocycles. The van der Waals surface area contributed by atoms with E-state index in [9.17, 15) is 4.79 Å². The third kappa shape index (κ3) is 4.78. The molecule has 1 fully saturated rings. The van der Waals surface area contributed by atoms with Gasteiger partial charge < -0.3 is 0 Å². The Morgan fingerprint density at radius 1 is 1.12 bits per heavy atom. The van der Waals surface area contributed by atoms with E-state index in [1.54, 1.807) is 11.0 Å². The summed E-state index contributed by atoms with van der Waals surface area (Å²) in [7, 11) is 0. The third-order valence-electron chi connectivity index (χ3n) is 6.57. The molecular weight excluding hydrogens is 428 g/mol. The number of pyridine rings is 1. The van der Waals surface area contributed by atoms with Crippen molar-refractivity contribution < 1.29 is 4.79 Å². The zero-order chi connectivity index (χ0) is 23.3. The summed E-state index contributed by atoms with van der Waals surface area (Å²) in [5.74, 6) is 1.66. The number of rotatable bonds is 8. The van der Waals surface area contributed by atoms with Gasteiger partial charge in [0.25, 0.3) is 0 Å². The fraction of sp³-hybridized carbons (Fsp3) is 0.400. The second-order valence-corrected chi connectivity index (χ2v) is 8.98. The molecule has 34 heavy (non-hydrogen) atoms. The molecule has 0 bridgehead atoms. The molecule has 2 unspecified atom stereocenters. The molecule has 9 nitrogen and oxygen atoms in total. The van der Waals surface area contributed by atoms with Gasteiger partial charge in [0.1, 0.15) is 6.33 Å². The molecule has 1 N–H and O–H groups in total. The lowest BCUT2D eigenvalue weighted by Gasteiger charge is -2.27. The average Bonchev–Trinajstić information content (AvgIpc) is 3.57. The number of carbonyl (C=O) groups excluding carboxylic acids is 1. The summed E-state index contributed by atoms with van der Waals surface area (Å²) in [5.41, 5.74) is 3.58. The number of hydrogen-bond acceptors (Lipinski definition) is 7. The summed E-state index contributed by atoms with van der Waals surface area (Å²) in [4.78, 5) is 21.9. The molecule has 0 radical (unpaired) electrons. The Hall–Kier alpha value is -3.75. The average molecular weight is 457 g/mol. The van der Waals surface area contributed by atoms with Crippen molar-refractivity contribution in [2.24, 2.45) is 11.8 Å². The number of aromatic amines is 1. The lowest BCUT2D eigenvalue weighted by molar-refractivity contribution is 0.0848. The SMILES string of the molecule is CCCC1CCCC(C(=O)c2ncn(Cc3ccc(-c4ccccc4-c4nn[nH]n4)nc3)n2)C1. The van der Waals surface area contributed by atoms with E-state index in [4.69, 9.17) is 0 Å². The van der Waals surface area contributed by atoms with Gasteiger partial charge in [-0.3, -0.25) is 9.78 Å². The molecular formula is C25H28N8O. The van der Waals surface area contributed by atoms with Crippen LogP contribution in [0, 0.1) is 11.8 Å². The van der Waals surface area contributed by atoms with Gasteiger partial charge >= 0.3 is 0 Å². The van der Waals surface area contributed by atoms with Crippen molar-refractivity contribution in [2.75, 3.05) is 0 Å². The van der Waals surface area contributed by atoms with Crippen LogP contribution in [0.2, 0.25) is 0 Å². The number of benzene rings is 1. The van der Waals surface area contributed by atoms with Gasteiger partial charge in [0, 0.05) is 23.2 Å². The Bertz CT molecular complexity index is 1230. The second kappa shape index (κ2) is 10.0. The van der Waals surface area contributed by atoms with Gasteiger partial charge in [-0.15, -0.1) is 15.3 Å². The number of aromatic nitrogens is 8. The van der Waals surface area contributed by atoms with E-state index < -0.39 is 0 Å². The van der Waals surface area contributed by atoms with Crippen LogP contribution in [0.1, 0.15) is 61.6 Å². The first kappa shape index (κ1) is 22.1. The molecule has 0 amide bonds. The van der Waals surface area contributed by atoms with E-state index in [1.807, 2.05) is 42.6 Å². The van der Waals surface area contributed by atoms with Gasteiger partial charge in [-0.25, -0.2) is 9.67 Å². The Kier molecular flexibility index (Phi) is 6.51. The normalized spacial score (nSPS) is 18.1. The lowest BCUT2D eigenvalue weighted by atomic mass is 9.77. The first-order chi connectivity index (χ1) is 16.7. The molecule has 1 aromatic carbocycles. The molecule has 1 aliphatic rings. The van der Waals surface area contributed by atoms with Crippen LogP contribution in [0.3, 0.4) is 0 Å². The fourth-order valence-corrected chi connectivity index (χ4v) is 4.91. The van der Waals surface area contributed by atoms with Crippen molar-refractivity contribution >= 4 is 5.78 Å². The summed E-state index contributed by atoms with van der Waals surface area (Å²) < 4.78 is 1.71. The summed E-state index contributed by atoms with van der Waals surface area (Å²) >= 11 is 0. The van der Waals surface area contributed by atoms with E-state index >= 15 is 0 Å². The van der Waals surface area contributed by atoms with Gasteiger partial charge in [-0.1, -0.05) is 62.9 Å². The summed E-state index contributed by atoms with van der Waals surface area (Å²) in [6.07, 6.45) is 10.1. The minimum absolute atomic E-state index is 0.0568. The Labute approximate surface area is 198 Å². The summed E-state index contributed by atoms with van der Waals surface area (Å²) in [5, 5.41) is 18.8. The van der Waals surface area contributed by atoms with Crippen molar-refractivity contribution in [1.82, 2.24) is 40.4 Å². The molecule has 5 rings (SSSR count).